The Bertz CT molecular complexity index is 669. The lowest BCUT2D eigenvalue weighted by Crippen LogP contribution is -2.54. The summed E-state index contributed by atoms with van der Waals surface area (Å²) < 4.78 is 0. The number of rotatable bonds is 1. The van der Waals surface area contributed by atoms with Crippen molar-refractivity contribution in [2.75, 3.05) is 0 Å². The molecule has 1 aromatic rings. The number of fused-ring (bicyclic) bond motifs is 1. The van der Waals surface area contributed by atoms with Crippen LogP contribution >= 0.6 is 0 Å². The van der Waals surface area contributed by atoms with Gasteiger partial charge in [0.15, 0.2) is 5.69 Å². The molecule has 0 aliphatic carbocycles. The molecule has 1 aromatic heterocycles. The molecule has 2 aliphatic rings. The largest absolute Gasteiger partial charge is 0.295 e. The number of amides is 4. The normalized spacial score (nSPS) is 22.1. The van der Waals surface area contributed by atoms with Gasteiger partial charge in [-0.1, -0.05) is 0 Å². The first-order chi connectivity index (χ1) is 9.49. The Morgan fingerprint density at radius 2 is 1.95 bits per heavy atom. The molecular formula is C12H10N4O4. The highest BCUT2D eigenvalue weighted by Gasteiger charge is 2.45. The molecular weight excluding hydrogens is 264 g/mol. The average molecular weight is 274 g/mol. The number of piperidine rings is 1. The van der Waals surface area contributed by atoms with Crippen LogP contribution in [0.15, 0.2) is 6.07 Å². The average Bonchev–Trinajstić information content (AvgIpc) is 2.63. The van der Waals surface area contributed by atoms with E-state index >= 15 is 0 Å². The fourth-order valence-corrected chi connectivity index (χ4v) is 2.36. The monoisotopic (exact) mass is 274 g/mol. The van der Waals surface area contributed by atoms with Crippen LogP contribution in [0.1, 0.15) is 39.4 Å². The van der Waals surface area contributed by atoms with Crippen LogP contribution in [0.2, 0.25) is 0 Å². The molecule has 0 spiro atoms. The third-order valence-electron chi connectivity index (χ3n) is 3.31. The van der Waals surface area contributed by atoms with Gasteiger partial charge in [-0.15, -0.1) is 5.10 Å². The van der Waals surface area contributed by atoms with Crippen molar-refractivity contribution < 1.29 is 19.2 Å². The molecule has 0 saturated carbocycles. The molecule has 2 aliphatic heterocycles. The van der Waals surface area contributed by atoms with Gasteiger partial charge in [0.25, 0.3) is 11.8 Å². The van der Waals surface area contributed by atoms with E-state index in [-0.39, 0.29) is 24.1 Å². The minimum atomic E-state index is -0.970. The Morgan fingerprint density at radius 3 is 2.65 bits per heavy atom. The molecule has 1 N–H and O–H groups in total. The molecule has 1 fully saturated rings. The van der Waals surface area contributed by atoms with Crippen LogP contribution in [0, 0.1) is 6.92 Å². The standard InChI is InChI=1S/C12H10N4O4/c1-5-4-6-9(15-14-5)12(20)16(11(6)19)7-2-3-8(17)13-10(7)18/h4,7H,2-3H2,1H3,(H,13,17,18). The third-order valence-corrected chi connectivity index (χ3v) is 3.31. The quantitative estimate of drug-likeness (QED) is 0.670. The summed E-state index contributed by atoms with van der Waals surface area (Å²) in [6.45, 7) is 1.65. The second-order valence-electron chi connectivity index (χ2n) is 4.70. The third kappa shape index (κ3) is 1.68. The Labute approximate surface area is 113 Å². The van der Waals surface area contributed by atoms with Gasteiger partial charge in [-0.3, -0.25) is 29.4 Å². The SMILES string of the molecule is Cc1cc2c(nn1)C(=O)N(C1CCC(=O)NC1=O)C2=O. The van der Waals surface area contributed by atoms with Crippen molar-refractivity contribution in [3.63, 3.8) is 0 Å². The number of carbonyl (C=O) groups is 4. The van der Waals surface area contributed by atoms with Gasteiger partial charge in [0.05, 0.1) is 11.3 Å². The summed E-state index contributed by atoms with van der Waals surface area (Å²) >= 11 is 0. The Morgan fingerprint density at radius 1 is 1.20 bits per heavy atom. The Hall–Kier alpha value is -2.64. The predicted molar refractivity (Wildman–Crippen MR) is 63.4 cm³/mol. The summed E-state index contributed by atoms with van der Waals surface area (Å²) in [6, 6.07) is 0.497. The molecule has 0 radical (unpaired) electrons. The number of carbonyl (C=O) groups excluding carboxylic acids is 4. The smallest absolute Gasteiger partial charge is 0.282 e. The van der Waals surface area contributed by atoms with Crippen molar-refractivity contribution in [1.29, 1.82) is 0 Å². The van der Waals surface area contributed by atoms with Crippen molar-refractivity contribution >= 4 is 23.6 Å². The van der Waals surface area contributed by atoms with Gasteiger partial charge in [0.2, 0.25) is 11.8 Å². The van der Waals surface area contributed by atoms with Crippen LogP contribution in [0.4, 0.5) is 0 Å². The van der Waals surface area contributed by atoms with Crippen molar-refractivity contribution in [1.82, 2.24) is 20.4 Å². The number of nitrogens with zero attached hydrogens (tertiary/aromatic N) is 3. The highest BCUT2D eigenvalue weighted by Crippen LogP contribution is 2.25. The topological polar surface area (TPSA) is 109 Å². The summed E-state index contributed by atoms with van der Waals surface area (Å²) in [5, 5.41) is 9.58. The molecule has 3 rings (SSSR count). The van der Waals surface area contributed by atoms with E-state index in [0.29, 0.717) is 5.69 Å². The second-order valence-corrected chi connectivity index (χ2v) is 4.70. The highest BCUT2D eigenvalue weighted by atomic mass is 16.2. The second kappa shape index (κ2) is 4.19. The van der Waals surface area contributed by atoms with Gasteiger partial charge < -0.3 is 0 Å². The lowest BCUT2D eigenvalue weighted by Gasteiger charge is -2.27. The Kier molecular flexibility index (Phi) is 2.60. The van der Waals surface area contributed by atoms with Gasteiger partial charge in [-0.2, -0.15) is 5.10 Å². The van der Waals surface area contributed by atoms with Crippen LogP contribution < -0.4 is 5.32 Å². The molecule has 0 bridgehead atoms. The van der Waals surface area contributed by atoms with Crippen LogP contribution in [-0.2, 0) is 9.59 Å². The van der Waals surface area contributed by atoms with E-state index in [1.165, 1.54) is 6.07 Å². The van der Waals surface area contributed by atoms with E-state index in [9.17, 15) is 19.2 Å². The van der Waals surface area contributed by atoms with Gasteiger partial charge in [-0.05, 0) is 19.4 Å². The first kappa shape index (κ1) is 12.4. The molecule has 1 unspecified atom stereocenters. The molecule has 1 saturated heterocycles. The number of imide groups is 2. The van der Waals surface area contributed by atoms with Crippen molar-refractivity contribution in [2.45, 2.75) is 25.8 Å². The fourth-order valence-electron chi connectivity index (χ4n) is 2.36. The first-order valence-corrected chi connectivity index (χ1v) is 6.05. The number of aromatic nitrogens is 2. The summed E-state index contributed by atoms with van der Waals surface area (Å²) in [7, 11) is 0. The van der Waals surface area contributed by atoms with Crippen molar-refractivity contribution in [3.05, 3.63) is 23.0 Å². The number of hydrogen-bond acceptors (Lipinski definition) is 6. The molecule has 102 valence electrons. The predicted octanol–water partition coefficient (Wildman–Crippen LogP) is -0.814. The zero-order valence-electron chi connectivity index (χ0n) is 10.5. The number of hydrogen-bond donors (Lipinski definition) is 1. The van der Waals surface area contributed by atoms with E-state index in [1.807, 2.05) is 0 Å². The van der Waals surface area contributed by atoms with E-state index < -0.39 is 29.7 Å². The minimum Gasteiger partial charge on any atom is -0.295 e. The zero-order chi connectivity index (χ0) is 14.4. The Balaban J connectivity index is 1.97. The zero-order valence-corrected chi connectivity index (χ0v) is 10.5. The lowest BCUT2D eigenvalue weighted by molar-refractivity contribution is -0.136. The molecule has 0 aromatic carbocycles. The van der Waals surface area contributed by atoms with Crippen LogP contribution in [-0.4, -0.2) is 44.8 Å². The summed E-state index contributed by atoms with van der Waals surface area (Å²) in [4.78, 5) is 48.2. The highest BCUT2D eigenvalue weighted by molar-refractivity contribution is 6.22. The van der Waals surface area contributed by atoms with Crippen LogP contribution in [0.5, 0.6) is 0 Å². The number of aryl methyl sites for hydroxylation is 1. The number of nitrogens with one attached hydrogen (secondary N) is 1. The minimum absolute atomic E-state index is 0.0506. The first-order valence-electron chi connectivity index (χ1n) is 6.05. The summed E-state index contributed by atoms with van der Waals surface area (Å²) in [6.07, 6.45) is 0.219. The van der Waals surface area contributed by atoms with Crippen LogP contribution in [0.25, 0.3) is 0 Å². The molecule has 4 amide bonds. The van der Waals surface area contributed by atoms with Gasteiger partial charge in [-0.25, -0.2) is 0 Å². The maximum Gasteiger partial charge on any atom is 0.282 e. The molecule has 8 nitrogen and oxygen atoms in total. The summed E-state index contributed by atoms with van der Waals surface area (Å²) in [5.41, 5.74) is 0.604. The molecule has 20 heavy (non-hydrogen) atoms. The fraction of sp³-hybridized carbons (Fsp3) is 0.333. The van der Waals surface area contributed by atoms with Crippen molar-refractivity contribution in [2.24, 2.45) is 0 Å². The van der Waals surface area contributed by atoms with Gasteiger partial charge >= 0.3 is 0 Å². The van der Waals surface area contributed by atoms with Gasteiger partial charge in [0.1, 0.15) is 6.04 Å². The van der Waals surface area contributed by atoms with E-state index in [2.05, 4.69) is 15.5 Å². The maximum absolute atomic E-state index is 12.3. The summed E-state index contributed by atoms with van der Waals surface area (Å²) in [5.74, 6) is -2.26. The van der Waals surface area contributed by atoms with Gasteiger partial charge in [0, 0.05) is 6.42 Å². The van der Waals surface area contributed by atoms with E-state index in [1.54, 1.807) is 6.92 Å². The molecule has 8 heteroatoms. The van der Waals surface area contributed by atoms with E-state index in [4.69, 9.17) is 0 Å². The van der Waals surface area contributed by atoms with E-state index in [0.717, 1.165) is 4.90 Å². The lowest BCUT2D eigenvalue weighted by atomic mass is 10.0. The molecule has 3 heterocycles. The van der Waals surface area contributed by atoms with Crippen LogP contribution in [0.3, 0.4) is 0 Å². The molecule has 1 atom stereocenters. The maximum atomic E-state index is 12.3. The van der Waals surface area contributed by atoms with Crippen molar-refractivity contribution in [3.8, 4) is 0 Å².